The zero-order valence-corrected chi connectivity index (χ0v) is 16.8. The number of pyridine rings is 1. The average Bonchev–Trinajstić information content (AvgIpc) is 2.69. The lowest BCUT2D eigenvalue weighted by atomic mass is 10.0. The quantitative estimate of drug-likeness (QED) is 0.660. The molecule has 0 amide bonds. The van der Waals surface area contributed by atoms with Crippen LogP contribution in [0.3, 0.4) is 0 Å². The maximum atomic E-state index is 13.0. The smallest absolute Gasteiger partial charge is 0.263 e. The molecule has 1 heterocycles. The van der Waals surface area contributed by atoms with Crippen molar-refractivity contribution >= 4 is 15.8 Å². The Bertz CT molecular complexity index is 1280. The van der Waals surface area contributed by atoms with Crippen LogP contribution in [0, 0.1) is 42.3 Å². The predicted octanol–water partition coefficient (Wildman–Crippen LogP) is 4.17. The van der Waals surface area contributed by atoms with E-state index in [2.05, 4.69) is 15.8 Å². The average molecular weight is 422 g/mol. The lowest BCUT2D eigenvalue weighted by Gasteiger charge is -2.12. The van der Waals surface area contributed by atoms with Crippen molar-refractivity contribution in [1.29, 1.82) is 10.5 Å². The standard InChI is InChI=1S/C21H15FN4O3S/c1-13-7-17(8-14(2)19(13)11-24)29-20-5-4-18(9-15(20)10-23)30(27,28)26-21-6-3-16(22)12-25-21/h3-9,12H,1-2H3,(H,25,26). The van der Waals surface area contributed by atoms with Gasteiger partial charge in [0.15, 0.2) is 0 Å². The lowest BCUT2D eigenvalue weighted by molar-refractivity contribution is 0.479. The predicted molar refractivity (Wildman–Crippen MR) is 107 cm³/mol. The zero-order chi connectivity index (χ0) is 21.9. The number of ether oxygens (including phenoxy) is 1. The first-order chi connectivity index (χ1) is 14.2. The van der Waals surface area contributed by atoms with E-state index >= 15 is 0 Å². The minimum atomic E-state index is -4.05. The number of hydrogen-bond acceptors (Lipinski definition) is 6. The molecule has 0 spiro atoms. The molecule has 1 N–H and O–H groups in total. The molecule has 0 aliphatic heterocycles. The van der Waals surface area contributed by atoms with E-state index < -0.39 is 15.8 Å². The third-order valence-corrected chi connectivity index (χ3v) is 5.55. The lowest BCUT2D eigenvalue weighted by Crippen LogP contribution is -2.14. The van der Waals surface area contributed by atoms with Crippen molar-refractivity contribution in [2.45, 2.75) is 18.7 Å². The molecule has 0 atom stereocenters. The van der Waals surface area contributed by atoms with Crippen LogP contribution in [-0.4, -0.2) is 13.4 Å². The highest BCUT2D eigenvalue weighted by Crippen LogP contribution is 2.30. The van der Waals surface area contributed by atoms with Crippen molar-refractivity contribution < 1.29 is 17.5 Å². The molecule has 7 nitrogen and oxygen atoms in total. The van der Waals surface area contributed by atoms with Crippen LogP contribution in [0.2, 0.25) is 0 Å². The topological polar surface area (TPSA) is 116 Å². The molecular formula is C21H15FN4O3S. The first kappa shape index (κ1) is 20.8. The summed E-state index contributed by atoms with van der Waals surface area (Å²) in [5.41, 5.74) is 2.00. The van der Waals surface area contributed by atoms with Crippen molar-refractivity contribution in [3.05, 3.63) is 76.7 Å². The van der Waals surface area contributed by atoms with Gasteiger partial charge in [-0.15, -0.1) is 0 Å². The molecular weight excluding hydrogens is 407 g/mol. The van der Waals surface area contributed by atoms with Gasteiger partial charge in [0.25, 0.3) is 10.0 Å². The van der Waals surface area contributed by atoms with Gasteiger partial charge in [0, 0.05) is 0 Å². The fraction of sp³-hybridized carbons (Fsp3) is 0.0952. The molecule has 0 aliphatic carbocycles. The molecule has 150 valence electrons. The maximum Gasteiger partial charge on any atom is 0.263 e. The first-order valence-electron chi connectivity index (χ1n) is 8.61. The minimum Gasteiger partial charge on any atom is -0.456 e. The van der Waals surface area contributed by atoms with E-state index in [1.807, 2.05) is 6.07 Å². The highest BCUT2D eigenvalue weighted by Gasteiger charge is 2.18. The summed E-state index contributed by atoms with van der Waals surface area (Å²) < 4.78 is 46.1. The molecule has 0 saturated carbocycles. The summed E-state index contributed by atoms with van der Waals surface area (Å²) in [6.07, 6.45) is 0.886. The van der Waals surface area contributed by atoms with E-state index in [0.29, 0.717) is 11.3 Å². The second kappa shape index (κ2) is 8.19. The van der Waals surface area contributed by atoms with Crippen molar-refractivity contribution in [1.82, 2.24) is 4.98 Å². The third-order valence-electron chi connectivity index (χ3n) is 4.19. The van der Waals surface area contributed by atoms with Gasteiger partial charge in [-0.05, 0) is 67.4 Å². The summed E-state index contributed by atoms with van der Waals surface area (Å²) in [4.78, 5) is 3.48. The molecule has 0 unspecified atom stereocenters. The number of rotatable bonds is 5. The summed E-state index contributed by atoms with van der Waals surface area (Å²) in [7, 11) is -4.05. The molecule has 2 aromatic carbocycles. The number of benzene rings is 2. The van der Waals surface area contributed by atoms with Gasteiger partial charge in [0.05, 0.1) is 28.3 Å². The Labute approximate surface area is 173 Å². The van der Waals surface area contributed by atoms with E-state index in [4.69, 9.17) is 10.00 Å². The summed E-state index contributed by atoms with van der Waals surface area (Å²) in [6, 6.07) is 13.4. The number of halogens is 1. The molecule has 3 rings (SSSR count). The van der Waals surface area contributed by atoms with Gasteiger partial charge in [0.1, 0.15) is 29.2 Å². The number of nitriles is 2. The van der Waals surface area contributed by atoms with Gasteiger partial charge < -0.3 is 4.74 Å². The molecule has 0 fully saturated rings. The summed E-state index contributed by atoms with van der Waals surface area (Å²) >= 11 is 0. The van der Waals surface area contributed by atoms with Crippen molar-refractivity contribution in [3.63, 3.8) is 0 Å². The number of aromatic nitrogens is 1. The first-order valence-corrected chi connectivity index (χ1v) is 10.1. The van der Waals surface area contributed by atoms with Crippen molar-refractivity contribution in [2.24, 2.45) is 0 Å². The summed E-state index contributed by atoms with van der Waals surface area (Å²) in [6.45, 7) is 3.54. The van der Waals surface area contributed by atoms with E-state index in [-0.39, 0.29) is 22.0 Å². The summed E-state index contributed by atoms with van der Waals surface area (Å²) in [5, 5.41) is 18.6. The monoisotopic (exact) mass is 422 g/mol. The zero-order valence-electron chi connectivity index (χ0n) is 16.0. The van der Waals surface area contributed by atoms with Crippen LogP contribution in [0.4, 0.5) is 10.2 Å². The van der Waals surface area contributed by atoms with Crippen molar-refractivity contribution in [2.75, 3.05) is 4.72 Å². The number of nitrogens with zero attached hydrogens (tertiary/aromatic N) is 3. The minimum absolute atomic E-state index is 0.00426. The molecule has 30 heavy (non-hydrogen) atoms. The fourth-order valence-corrected chi connectivity index (χ4v) is 3.81. The molecule has 9 heteroatoms. The van der Waals surface area contributed by atoms with Gasteiger partial charge in [0.2, 0.25) is 0 Å². The van der Waals surface area contributed by atoms with E-state index in [9.17, 15) is 18.1 Å². The van der Waals surface area contributed by atoms with Crippen LogP contribution in [0.5, 0.6) is 11.5 Å². The third kappa shape index (κ3) is 4.37. The SMILES string of the molecule is Cc1cc(Oc2ccc(S(=O)(=O)Nc3ccc(F)cn3)cc2C#N)cc(C)c1C#N. The summed E-state index contributed by atoms with van der Waals surface area (Å²) in [5.74, 6) is -0.0668. The molecule has 0 bridgehead atoms. The fourth-order valence-electron chi connectivity index (χ4n) is 2.77. The highest BCUT2D eigenvalue weighted by molar-refractivity contribution is 7.92. The van der Waals surface area contributed by atoms with Gasteiger partial charge in [-0.1, -0.05) is 0 Å². The number of nitrogens with one attached hydrogen (secondary N) is 1. The number of aryl methyl sites for hydroxylation is 2. The van der Waals surface area contributed by atoms with Gasteiger partial charge in [-0.25, -0.2) is 17.8 Å². The van der Waals surface area contributed by atoms with E-state index in [0.717, 1.165) is 23.4 Å². The van der Waals surface area contributed by atoms with E-state index in [1.165, 1.54) is 24.3 Å². The molecule has 0 saturated heterocycles. The Hall–Kier alpha value is -3.95. The van der Waals surface area contributed by atoms with Crippen LogP contribution in [-0.2, 0) is 10.0 Å². The normalized spacial score (nSPS) is 10.7. The Morgan fingerprint density at radius 1 is 1.03 bits per heavy atom. The highest BCUT2D eigenvalue weighted by atomic mass is 32.2. The Balaban J connectivity index is 1.91. The largest absolute Gasteiger partial charge is 0.456 e. The van der Waals surface area contributed by atoms with E-state index in [1.54, 1.807) is 26.0 Å². The molecule has 3 aromatic rings. The van der Waals surface area contributed by atoms with Crippen LogP contribution in [0.15, 0.2) is 53.6 Å². The van der Waals surface area contributed by atoms with Crippen LogP contribution in [0.25, 0.3) is 0 Å². The van der Waals surface area contributed by atoms with Crippen LogP contribution < -0.4 is 9.46 Å². The van der Waals surface area contributed by atoms with Crippen LogP contribution >= 0.6 is 0 Å². The Kier molecular flexibility index (Phi) is 5.67. The number of anilines is 1. The molecule has 0 aliphatic rings. The molecule has 1 aromatic heterocycles. The Morgan fingerprint density at radius 2 is 1.73 bits per heavy atom. The Morgan fingerprint density at radius 3 is 2.30 bits per heavy atom. The van der Waals surface area contributed by atoms with Gasteiger partial charge >= 0.3 is 0 Å². The number of hydrogen-bond donors (Lipinski definition) is 1. The van der Waals surface area contributed by atoms with Crippen molar-refractivity contribution in [3.8, 4) is 23.6 Å². The maximum absolute atomic E-state index is 13.0. The van der Waals surface area contributed by atoms with Gasteiger partial charge in [-0.2, -0.15) is 10.5 Å². The van der Waals surface area contributed by atoms with Gasteiger partial charge in [-0.3, -0.25) is 4.72 Å². The number of sulfonamides is 1. The molecule has 0 radical (unpaired) electrons. The second-order valence-corrected chi connectivity index (χ2v) is 8.07. The van der Waals surface area contributed by atoms with Crippen LogP contribution in [0.1, 0.15) is 22.3 Å². The second-order valence-electron chi connectivity index (χ2n) is 6.38.